The maximum absolute atomic E-state index is 5.82. The van der Waals surface area contributed by atoms with Crippen LogP contribution in [0.5, 0.6) is 0 Å². The number of rotatable bonds is 1. The van der Waals surface area contributed by atoms with Gasteiger partial charge in [0.05, 0.1) is 0 Å². The molecule has 0 aliphatic heterocycles. The van der Waals surface area contributed by atoms with Gasteiger partial charge in [0.1, 0.15) is 0 Å². The summed E-state index contributed by atoms with van der Waals surface area (Å²) in [6, 6.07) is 7.21. The minimum absolute atomic E-state index is 0.130. The van der Waals surface area contributed by atoms with Gasteiger partial charge in [-0.15, -0.1) is 0 Å². The molecule has 0 N–H and O–H groups in total. The highest BCUT2D eigenvalue weighted by atomic mass is 79.9. The Balaban J connectivity index is 2.70. The molecule has 0 unspecified atom stereocenters. The molecule has 0 bridgehead atoms. The molecule has 2 aromatic rings. The zero-order valence-corrected chi connectivity index (χ0v) is 15.9. The summed E-state index contributed by atoms with van der Waals surface area (Å²) in [6.07, 6.45) is 0. The van der Waals surface area contributed by atoms with Gasteiger partial charge in [0.2, 0.25) is 7.59 Å². The standard InChI is InChI=1S/C11H4BrCl6N3/c12-6-4-2-1-3-5(6)7-19-8(10(13,14)15)21-9(20-7)11(16,17)18/h1-4H. The lowest BCUT2D eigenvalue weighted by Gasteiger charge is -2.16. The Labute approximate surface area is 159 Å². The summed E-state index contributed by atoms with van der Waals surface area (Å²) in [7, 11) is 0. The van der Waals surface area contributed by atoms with Crippen molar-refractivity contribution in [3.05, 3.63) is 40.4 Å². The van der Waals surface area contributed by atoms with Crippen molar-refractivity contribution in [2.75, 3.05) is 0 Å². The van der Waals surface area contributed by atoms with Crippen molar-refractivity contribution < 1.29 is 0 Å². The molecule has 0 saturated carbocycles. The predicted molar refractivity (Wildman–Crippen MR) is 91.4 cm³/mol. The lowest BCUT2D eigenvalue weighted by Crippen LogP contribution is -2.16. The second-order valence-corrected chi connectivity index (χ2v) is 9.20. The lowest BCUT2D eigenvalue weighted by atomic mass is 10.2. The first kappa shape index (κ1) is 17.8. The minimum atomic E-state index is -1.87. The van der Waals surface area contributed by atoms with E-state index < -0.39 is 7.59 Å². The van der Waals surface area contributed by atoms with Crippen LogP contribution in [0.2, 0.25) is 0 Å². The van der Waals surface area contributed by atoms with Crippen molar-refractivity contribution in [2.45, 2.75) is 7.59 Å². The van der Waals surface area contributed by atoms with E-state index in [4.69, 9.17) is 69.6 Å². The molecule has 0 spiro atoms. The third kappa shape index (κ3) is 4.47. The van der Waals surface area contributed by atoms with E-state index in [0.29, 0.717) is 5.56 Å². The number of halogens is 7. The Morgan fingerprint density at radius 1 is 0.762 bits per heavy atom. The zero-order valence-electron chi connectivity index (χ0n) is 9.80. The Hall–Kier alpha value is 0.450. The van der Waals surface area contributed by atoms with Gasteiger partial charge in [0, 0.05) is 10.0 Å². The molecule has 2 rings (SSSR count). The van der Waals surface area contributed by atoms with Crippen LogP contribution in [-0.2, 0) is 7.59 Å². The third-order valence-electron chi connectivity index (χ3n) is 2.26. The quantitative estimate of drug-likeness (QED) is 0.483. The van der Waals surface area contributed by atoms with Crippen LogP contribution in [0.4, 0.5) is 0 Å². The largest absolute Gasteiger partial charge is 0.250 e. The van der Waals surface area contributed by atoms with Gasteiger partial charge in [-0.2, -0.15) is 0 Å². The van der Waals surface area contributed by atoms with Crippen molar-refractivity contribution in [2.24, 2.45) is 0 Å². The molecule has 0 fully saturated rings. The third-order valence-corrected chi connectivity index (χ3v) is 3.96. The van der Waals surface area contributed by atoms with E-state index in [1.165, 1.54) is 0 Å². The SMILES string of the molecule is ClC(Cl)(Cl)c1nc(-c2ccccc2Br)nc(C(Cl)(Cl)Cl)n1. The maximum Gasteiger partial charge on any atom is 0.250 e. The summed E-state index contributed by atoms with van der Waals surface area (Å²) in [5.74, 6) is -0.0377. The van der Waals surface area contributed by atoms with Crippen LogP contribution < -0.4 is 0 Å². The maximum atomic E-state index is 5.82. The number of nitrogens with zero attached hydrogens (tertiary/aromatic N) is 3. The van der Waals surface area contributed by atoms with Crippen molar-refractivity contribution in [1.82, 2.24) is 15.0 Å². The van der Waals surface area contributed by atoms with E-state index >= 15 is 0 Å². The fourth-order valence-electron chi connectivity index (χ4n) is 1.39. The molecule has 0 saturated heterocycles. The van der Waals surface area contributed by atoms with E-state index in [1.54, 1.807) is 12.1 Å². The minimum Gasteiger partial charge on any atom is -0.209 e. The number of alkyl halides is 6. The Morgan fingerprint density at radius 3 is 1.67 bits per heavy atom. The summed E-state index contributed by atoms with van der Waals surface area (Å²) >= 11 is 38.3. The number of aromatic nitrogens is 3. The summed E-state index contributed by atoms with van der Waals surface area (Å²) in [5.41, 5.74) is 0.644. The van der Waals surface area contributed by atoms with Crippen LogP contribution in [0.1, 0.15) is 11.6 Å². The van der Waals surface area contributed by atoms with Gasteiger partial charge in [-0.05, 0) is 6.07 Å². The number of benzene rings is 1. The van der Waals surface area contributed by atoms with Crippen LogP contribution in [0.15, 0.2) is 28.7 Å². The molecule has 112 valence electrons. The second-order valence-electron chi connectivity index (χ2n) is 3.78. The molecule has 1 heterocycles. The first-order valence-electron chi connectivity index (χ1n) is 5.24. The molecule has 1 aromatic carbocycles. The molecule has 10 heteroatoms. The van der Waals surface area contributed by atoms with E-state index in [9.17, 15) is 0 Å². The zero-order chi connectivity index (χ0) is 15.8. The highest BCUT2D eigenvalue weighted by Crippen LogP contribution is 2.41. The molecule has 1 aromatic heterocycles. The van der Waals surface area contributed by atoms with Crippen LogP contribution in [0, 0.1) is 0 Å². The first-order valence-corrected chi connectivity index (χ1v) is 8.30. The molecule has 21 heavy (non-hydrogen) atoms. The molecule has 0 amide bonds. The molecule has 0 radical (unpaired) electrons. The molecule has 0 aliphatic rings. The van der Waals surface area contributed by atoms with Crippen molar-refractivity contribution in [3.63, 3.8) is 0 Å². The van der Waals surface area contributed by atoms with Crippen LogP contribution in [0.25, 0.3) is 11.4 Å². The monoisotopic (exact) mass is 467 g/mol. The summed E-state index contributed by atoms with van der Waals surface area (Å²) in [4.78, 5) is 12.2. The van der Waals surface area contributed by atoms with Crippen LogP contribution >= 0.6 is 85.5 Å². The Bertz CT molecular complexity index is 635. The fraction of sp³-hybridized carbons (Fsp3) is 0.182. The van der Waals surface area contributed by atoms with E-state index in [2.05, 4.69) is 30.9 Å². The van der Waals surface area contributed by atoms with Crippen molar-refractivity contribution in [3.8, 4) is 11.4 Å². The van der Waals surface area contributed by atoms with E-state index in [0.717, 1.165) is 4.47 Å². The molecular weight excluding hydrogens is 467 g/mol. The summed E-state index contributed by atoms with van der Waals surface area (Å²) < 4.78 is -3.01. The molecule has 0 aliphatic carbocycles. The smallest absolute Gasteiger partial charge is 0.209 e. The highest BCUT2D eigenvalue weighted by molar-refractivity contribution is 9.10. The molecular formula is C11H4BrCl6N3. The van der Waals surface area contributed by atoms with Crippen LogP contribution in [0.3, 0.4) is 0 Å². The normalized spacial score (nSPS) is 12.5. The fourth-order valence-corrected chi connectivity index (χ4v) is 2.36. The average molecular weight is 471 g/mol. The Morgan fingerprint density at radius 2 is 1.24 bits per heavy atom. The van der Waals surface area contributed by atoms with E-state index in [1.807, 2.05) is 12.1 Å². The molecule has 3 nitrogen and oxygen atoms in total. The van der Waals surface area contributed by atoms with Gasteiger partial charge < -0.3 is 0 Å². The first-order chi connectivity index (χ1) is 9.59. The highest BCUT2D eigenvalue weighted by Gasteiger charge is 2.34. The van der Waals surface area contributed by atoms with E-state index in [-0.39, 0.29) is 17.5 Å². The van der Waals surface area contributed by atoms with Gasteiger partial charge in [0.15, 0.2) is 17.5 Å². The summed E-state index contributed by atoms with van der Waals surface area (Å²) in [6.45, 7) is 0. The van der Waals surface area contributed by atoms with Crippen molar-refractivity contribution >= 4 is 85.5 Å². The number of hydrogen-bond donors (Lipinski definition) is 0. The Kier molecular flexibility index (Phi) is 5.52. The van der Waals surface area contributed by atoms with Gasteiger partial charge in [-0.25, -0.2) is 15.0 Å². The molecule has 0 atom stereocenters. The number of hydrogen-bond acceptors (Lipinski definition) is 3. The van der Waals surface area contributed by atoms with Crippen molar-refractivity contribution in [1.29, 1.82) is 0 Å². The predicted octanol–water partition coefficient (Wildman–Crippen LogP) is 5.95. The summed E-state index contributed by atoms with van der Waals surface area (Å²) in [5, 5.41) is 0. The van der Waals surface area contributed by atoms with Crippen LogP contribution in [-0.4, -0.2) is 15.0 Å². The topological polar surface area (TPSA) is 38.7 Å². The van der Waals surface area contributed by atoms with Gasteiger partial charge in [0.25, 0.3) is 0 Å². The average Bonchev–Trinajstić information content (AvgIpc) is 2.36. The van der Waals surface area contributed by atoms with Gasteiger partial charge >= 0.3 is 0 Å². The second kappa shape index (κ2) is 6.52. The van der Waals surface area contributed by atoms with Gasteiger partial charge in [-0.1, -0.05) is 104 Å². The lowest BCUT2D eigenvalue weighted by molar-refractivity contribution is 0.851. The van der Waals surface area contributed by atoms with Gasteiger partial charge in [-0.3, -0.25) is 0 Å².